The summed E-state index contributed by atoms with van der Waals surface area (Å²) in [5, 5.41) is 19.4. The minimum atomic E-state index is -0.472. The van der Waals surface area contributed by atoms with Crippen LogP contribution in [0.1, 0.15) is 16.7 Å². The van der Waals surface area contributed by atoms with Gasteiger partial charge in [-0.1, -0.05) is 12.1 Å². The van der Waals surface area contributed by atoms with Gasteiger partial charge in [-0.2, -0.15) is 5.26 Å². The Bertz CT molecular complexity index is 693. The van der Waals surface area contributed by atoms with Crippen molar-refractivity contribution in [2.75, 3.05) is 0 Å². The number of alkyl halides is 1. The minimum absolute atomic E-state index is 0.0172. The number of nitriles is 1. The highest BCUT2D eigenvalue weighted by Gasteiger charge is 2.11. The third-order valence-electron chi connectivity index (χ3n) is 2.88. The van der Waals surface area contributed by atoms with Gasteiger partial charge in [-0.3, -0.25) is 10.1 Å². The zero-order chi connectivity index (χ0) is 15.2. The van der Waals surface area contributed by atoms with Crippen molar-refractivity contribution < 1.29 is 9.66 Å². The molecule has 0 unspecified atom stereocenters. The number of rotatable bonds is 5. The molecule has 0 aliphatic rings. The van der Waals surface area contributed by atoms with Gasteiger partial charge in [-0.05, 0) is 23.8 Å². The summed E-state index contributed by atoms with van der Waals surface area (Å²) in [6.45, 7) is 0.299. The van der Waals surface area contributed by atoms with Gasteiger partial charge in [0, 0.05) is 17.7 Å². The first-order valence-electron chi connectivity index (χ1n) is 6.09. The highest BCUT2D eigenvalue weighted by molar-refractivity contribution is 6.17. The molecule has 0 atom stereocenters. The second-order valence-corrected chi connectivity index (χ2v) is 4.55. The molecule has 6 heteroatoms. The van der Waals surface area contributed by atoms with Crippen LogP contribution in [-0.2, 0) is 12.5 Å². The van der Waals surface area contributed by atoms with E-state index < -0.39 is 4.92 Å². The number of benzene rings is 2. The molecule has 5 nitrogen and oxygen atoms in total. The van der Waals surface area contributed by atoms with Crippen molar-refractivity contribution in [1.29, 1.82) is 5.26 Å². The maximum absolute atomic E-state index is 10.7. The van der Waals surface area contributed by atoms with Crippen LogP contribution in [0.2, 0.25) is 0 Å². The number of halogens is 1. The molecule has 0 saturated heterocycles. The molecule has 0 amide bonds. The number of nitrogens with zero attached hydrogens (tertiary/aromatic N) is 2. The van der Waals surface area contributed by atoms with E-state index in [1.165, 1.54) is 12.1 Å². The lowest BCUT2D eigenvalue weighted by atomic mass is 10.1. The summed E-state index contributed by atoms with van der Waals surface area (Å²) in [6.07, 6.45) is 0. The predicted molar refractivity (Wildman–Crippen MR) is 78.1 cm³/mol. The first kappa shape index (κ1) is 14.8. The third-order valence-corrected chi connectivity index (χ3v) is 3.16. The molecular formula is C15H11ClN2O3. The van der Waals surface area contributed by atoms with Gasteiger partial charge >= 0.3 is 0 Å². The van der Waals surface area contributed by atoms with E-state index in [9.17, 15) is 10.1 Å². The fraction of sp³-hybridized carbons (Fsp3) is 0.133. The van der Waals surface area contributed by atoms with E-state index in [1.807, 2.05) is 6.07 Å². The van der Waals surface area contributed by atoms with E-state index in [4.69, 9.17) is 21.6 Å². The molecule has 0 N–H and O–H groups in total. The summed E-state index contributed by atoms with van der Waals surface area (Å²) < 4.78 is 5.63. The van der Waals surface area contributed by atoms with E-state index in [1.54, 1.807) is 30.3 Å². The Labute approximate surface area is 126 Å². The highest BCUT2D eigenvalue weighted by atomic mass is 35.5. The first-order chi connectivity index (χ1) is 10.1. The van der Waals surface area contributed by atoms with Crippen LogP contribution in [0.15, 0.2) is 42.5 Å². The van der Waals surface area contributed by atoms with Gasteiger partial charge in [-0.15, -0.1) is 11.6 Å². The molecular weight excluding hydrogens is 292 g/mol. The number of hydrogen-bond acceptors (Lipinski definition) is 4. The molecule has 0 aliphatic carbocycles. The Morgan fingerprint density at radius 3 is 2.52 bits per heavy atom. The third kappa shape index (κ3) is 3.71. The largest absolute Gasteiger partial charge is 0.489 e. The van der Waals surface area contributed by atoms with E-state index in [-0.39, 0.29) is 11.6 Å². The highest BCUT2D eigenvalue weighted by Crippen LogP contribution is 2.26. The van der Waals surface area contributed by atoms with Crippen molar-refractivity contribution in [1.82, 2.24) is 0 Å². The molecule has 0 bridgehead atoms. The van der Waals surface area contributed by atoms with Gasteiger partial charge in [0.05, 0.1) is 22.4 Å². The first-order valence-corrected chi connectivity index (χ1v) is 6.62. The zero-order valence-corrected chi connectivity index (χ0v) is 11.7. The molecule has 0 fully saturated rings. The van der Waals surface area contributed by atoms with Gasteiger partial charge in [-0.25, -0.2) is 0 Å². The number of nitro groups is 1. The summed E-state index contributed by atoms with van der Waals surface area (Å²) in [5.41, 5.74) is 2.03. The molecule has 2 aromatic carbocycles. The van der Waals surface area contributed by atoms with Crippen LogP contribution in [0.4, 0.5) is 5.69 Å². The van der Waals surface area contributed by atoms with Crippen molar-refractivity contribution >= 4 is 17.3 Å². The van der Waals surface area contributed by atoms with Crippen LogP contribution >= 0.6 is 11.6 Å². The fourth-order valence-electron chi connectivity index (χ4n) is 1.76. The molecule has 0 aromatic heterocycles. The SMILES string of the molecule is N#Cc1ccc(COc2ccc([N+](=O)[O-])cc2CCl)cc1. The lowest BCUT2D eigenvalue weighted by Crippen LogP contribution is -1.99. The van der Waals surface area contributed by atoms with E-state index in [0.717, 1.165) is 5.56 Å². The maximum atomic E-state index is 10.7. The van der Waals surface area contributed by atoms with Gasteiger partial charge in [0.15, 0.2) is 0 Å². The van der Waals surface area contributed by atoms with Crippen LogP contribution < -0.4 is 4.74 Å². The summed E-state index contributed by atoms with van der Waals surface area (Å²) in [4.78, 5) is 10.2. The zero-order valence-electron chi connectivity index (χ0n) is 11.0. The Kier molecular flexibility index (Phi) is 4.75. The molecule has 106 valence electrons. The van der Waals surface area contributed by atoms with Gasteiger partial charge < -0.3 is 4.74 Å². The molecule has 2 aromatic rings. The molecule has 0 spiro atoms. The van der Waals surface area contributed by atoms with E-state index in [0.29, 0.717) is 23.5 Å². The molecule has 0 radical (unpaired) electrons. The topological polar surface area (TPSA) is 76.2 Å². The van der Waals surface area contributed by atoms with Crippen LogP contribution in [-0.4, -0.2) is 4.92 Å². The Balaban J connectivity index is 2.12. The second-order valence-electron chi connectivity index (χ2n) is 4.28. The Morgan fingerprint density at radius 2 is 1.95 bits per heavy atom. The molecule has 0 heterocycles. The van der Waals surface area contributed by atoms with E-state index >= 15 is 0 Å². The monoisotopic (exact) mass is 302 g/mol. The number of hydrogen-bond donors (Lipinski definition) is 0. The molecule has 0 saturated carbocycles. The fourth-order valence-corrected chi connectivity index (χ4v) is 1.97. The van der Waals surface area contributed by atoms with Crippen molar-refractivity contribution in [2.24, 2.45) is 0 Å². The predicted octanol–water partition coefficient (Wildman–Crippen LogP) is 3.78. The van der Waals surface area contributed by atoms with Crippen LogP contribution in [0.5, 0.6) is 5.75 Å². The summed E-state index contributed by atoms with van der Waals surface area (Å²) in [6, 6.07) is 13.4. The smallest absolute Gasteiger partial charge is 0.270 e. The molecule has 2 rings (SSSR count). The molecule has 21 heavy (non-hydrogen) atoms. The molecule has 0 aliphatic heterocycles. The average molecular weight is 303 g/mol. The lowest BCUT2D eigenvalue weighted by Gasteiger charge is -2.10. The van der Waals surface area contributed by atoms with Crippen molar-refractivity contribution in [3.63, 3.8) is 0 Å². The summed E-state index contributed by atoms with van der Waals surface area (Å²) in [5.74, 6) is 0.643. The number of nitro benzene ring substituents is 1. The van der Waals surface area contributed by atoms with E-state index in [2.05, 4.69) is 0 Å². The Hall–Kier alpha value is -2.58. The minimum Gasteiger partial charge on any atom is -0.489 e. The van der Waals surface area contributed by atoms with Gasteiger partial charge in [0.2, 0.25) is 0 Å². The van der Waals surface area contributed by atoms with Crippen LogP contribution in [0.25, 0.3) is 0 Å². The van der Waals surface area contributed by atoms with Gasteiger partial charge in [0.1, 0.15) is 12.4 Å². The normalized spacial score (nSPS) is 9.90. The van der Waals surface area contributed by atoms with Gasteiger partial charge in [0.25, 0.3) is 5.69 Å². The maximum Gasteiger partial charge on any atom is 0.270 e. The summed E-state index contributed by atoms with van der Waals surface area (Å²) >= 11 is 5.79. The quantitative estimate of drug-likeness (QED) is 0.478. The second kappa shape index (κ2) is 6.73. The number of non-ortho nitro benzene ring substituents is 1. The number of ether oxygens (including phenoxy) is 1. The summed E-state index contributed by atoms with van der Waals surface area (Å²) in [7, 11) is 0. The van der Waals surface area contributed by atoms with Crippen molar-refractivity contribution in [3.8, 4) is 11.8 Å². The standard InChI is InChI=1S/C15H11ClN2O3/c16-8-13-7-14(18(19)20)5-6-15(13)21-10-12-3-1-11(9-17)2-4-12/h1-7H,8,10H2. The average Bonchev–Trinajstić information content (AvgIpc) is 2.53. The van der Waals surface area contributed by atoms with Crippen LogP contribution in [0.3, 0.4) is 0 Å². The lowest BCUT2D eigenvalue weighted by molar-refractivity contribution is -0.384. The van der Waals surface area contributed by atoms with Crippen molar-refractivity contribution in [3.05, 3.63) is 69.3 Å². The van der Waals surface area contributed by atoms with Crippen LogP contribution in [0, 0.1) is 21.4 Å². The van der Waals surface area contributed by atoms with Crippen molar-refractivity contribution in [2.45, 2.75) is 12.5 Å². The Morgan fingerprint density at radius 1 is 1.24 bits per heavy atom.